The highest BCUT2D eigenvalue weighted by Crippen LogP contribution is 2.25. The Bertz CT molecular complexity index is 916. The fourth-order valence-corrected chi connectivity index (χ4v) is 4.19. The molecule has 0 radical (unpaired) electrons. The van der Waals surface area contributed by atoms with Crippen LogP contribution in [0.5, 0.6) is 0 Å². The molecule has 134 valence electrons. The molecule has 4 heterocycles. The predicted octanol–water partition coefficient (Wildman–Crippen LogP) is 2.85. The predicted molar refractivity (Wildman–Crippen MR) is 99.1 cm³/mol. The van der Waals surface area contributed by atoms with Gasteiger partial charge in [-0.1, -0.05) is 6.07 Å². The van der Waals surface area contributed by atoms with Gasteiger partial charge in [-0.05, 0) is 17.9 Å². The van der Waals surface area contributed by atoms with Gasteiger partial charge >= 0.3 is 0 Å². The third-order valence-electron chi connectivity index (χ3n) is 3.94. The molecule has 0 aliphatic carbocycles. The van der Waals surface area contributed by atoms with Gasteiger partial charge in [-0.15, -0.1) is 22.7 Å². The van der Waals surface area contributed by atoms with Crippen molar-refractivity contribution in [3.63, 3.8) is 0 Å². The summed E-state index contributed by atoms with van der Waals surface area (Å²) >= 11 is 2.95. The summed E-state index contributed by atoms with van der Waals surface area (Å²) in [6.07, 6.45) is 3.16. The first kappa shape index (κ1) is 16.9. The van der Waals surface area contributed by atoms with E-state index in [0.29, 0.717) is 41.9 Å². The molecule has 0 spiro atoms. The number of hydrogen-bond donors (Lipinski definition) is 1. The van der Waals surface area contributed by atoms with Crippen molar-refractivity contribution in [2.24, 2.45) is 0 Å². The van der Waals surface area contributed by atoms with E-state index in [4.69, 9.17) is 4.42 Å². The smallest absolute Gasteiger partial charge is 0.236 e. The monoisotopic (exact) mass is 388 g/mol. The number of amides is 2. The lowest BCUT2D eigenvalue weighted by Gasteiger charge is -2.10. The molecule has 1 aliphatic rings. The minimum Gasteiger partial charge on any atom is -0.443 e. The van der Waals surface area contributed by atoms with Gasteiger partial charge in [0.15, 0.2) is 5.13 Å². The van der Waals surface area contributed by atoms with Crippen LogP contribution < -0.4 is 10.2 Å². The van der Waals surface area contributed by atoms with E-state index in [1.807, 2.05) is 22.9 Å². The first-order chi connectivity index (χ1) is 12.7. The van der Waals surface area contributed by atoms with Gasteiger partial charge in [0.05, 0.1) is 29.2 Å². The molecule has 0 saturated carbocycles. The Morgan fingerprint density at radius 1 is 1.31 bits per heavy atom. The molecule has 1 N–H and O–H groups in total. The van der Waals surface area contributed by atoms with Crippen LogP contribution in [0.2, 0.25) is 0 Å². The lowest BCUT2D eigenvalue weighted by atomic mass is 10.3. The number of carbonyl (C=O) groups excluding carboxylic acids is 2. The van der Waals surface area contributed by atoms with Gasteiger partial charge in [-0.25, -0.2) is 9.97 Å². The van der Waals surface area contributed by atoms with E-state index in [9.17, 15) is 9.59 Å². The highest BCUT2D eigenvalue weighted by atomic mass is 32.1. The van der Waals surface area contributed by atoms with Crippen molar-refractivity contribution >= 4 is 39.6 Å². The molecule has 3 aromatic heterocycles. The van der Waals surface area contributed by atoms with Crippen LogP contribution in [0.25, 0.3) is 10.8 Å². The van der Waals surface area contributed by atoms with Crippen LogP contribution in [0.15, 0.2) is 33.6 Å². The first-order valence-electron chi connectivity index (χ1n) is 8.19. The van der Waals surface area contributed by atoms with Crippen LogP contribution in [0.4, 0.5) is 5.13 Å². The fourth-order valence-electron chi connectivity index (χ4n) is 2.67. The van der Waals surface area contributed by atoms with Gasteiger partial charge in [-0.3, -0.25) is 14.5 Å². The van der Waals surface area contributed by atoms with E-state index < -0.39 is 0 Å². The number of oxazole rings is 1. The molecule has 2 amide bonds. The van der Waals surface area contributed by atoms with E-state index >= 15 is 0 Å². The molecule has 0 unspecified atom stereocenters. The second-order valence-electron chi connectivity index (χ2n) is 5.85. The topological polar surface area (TPSA) is 88.3 Å². The van der Waals surface area contributed by atoms with E-state index in [0.717, 1.165) is 11.3 Å². The van der Waals surface area contributed by atoms with Crippen molar-refractivity contribution in [1.29, 1.82) is 0 Å². The average molecular weight is 388 g/mol. The van der Waals surface area contributed by atoms with Gasteiger partial charge in [-0.2, -0.15) is 0 Å². The number of thiophene rings is 1. The standard InChI is InChI=1S/C17H16N4O3S2/c22-14(7-11-10-26-17(20-11)21-5-1-4-15(21)23)18-8-12-9-24-16(19-12)13-3-2-6-25-13/h2-3,6,9-10H,1,4-5,7-8H2,(H,18,22). The Morgan fingerprint density at radius 2 is 2.23 bits per heavy atom. The second-order valence-corrected chi connectivity index (χ2v) is 7.63. The minimum atomic E-state index is -0.143. The Balaban J connectivity index is 1.30. The number of anilines is 1. The van der Waals surface area contributed by atoms with Crippen LogP contribution in [0.1, 0.15) is 24.2 Å². The molecule has 4 rings (SSSR count). The number of nitrogens with zero attached hydrogens (tertiary/aromatic N) is 3. The van der Waals surface area contributed by atoms with Crippen molar-refractivity contribution in [3.8, 4) is 10.8 Å². The highest BCUT2D eigenvalue weighted by molar-refractivity contribution is 7.14. The molecule has 3 aromatic rings. The van der Waals surface area contributed by atoms with Gasteiger partial charge in [0.1, 0.15) is 6.26 Å². The van der Waals surface area contributed by atoms with Gasteiger partial charge < -0.3 is 9.73 Å². The maximum atomic E-state index is 12.1. The normalized spacial score (nSPS) is 14.2. The summed E-state index contributed by atoms with van der Waals surface area (Å²) in [5, 5.41) is 7.28. The van der Waals surface area contributed by atoms with Crippen LogP contribution in [0, 0.1) is 0 Å². The lowest BCUT2D eigenvalue weighted by Crippen LogP contribution is -2.25. The third-order valence-corrected chi connectivity index (χ3v) is 5.71. The molecule has 0 atom stereocenters. The van der Waals surface area contributed by atoms with E-state index in [2.05, 4.69) is 15.3 Å². The molecule has 1 fully saturated rings. The zero-order chi connectivity index (χ0) is 17.9. The van der Waals surface area contributed by atoms with Crippen molar-refractivity contribution in [1.82, 2.24) is 15.3 Å². The van der Waals surface area contributed by atoms with Gasteiger partial charge in [0.2, 0.25) is 17.7 Å². The number of aromatic nitrogens is 2. The van der Waals surface area contributed by atoms with Crippen LogP contribution in [0.3, 0.4) is 0 Å². The average Bonchev–Trinajstić information content (AvgIpc) is 3.40. The SMILES string of the molecule is O=C(Cc1csc(N2CCCC2=O)n1)NCc1coc(-c2cccs2)n1. The maximum absolute atomic E-state index is 12.1. The molecule has 0 aromatic carbocycles. The van der Waals surface area contributed by atoms with Crippen LogP contribution >= 0.6 is 22.7 Å². The fraction of sp³-hybridized carbons (Fsp3) is 0.294. The van der Waals surface area contributed by atoms with E-state index in [1.165, 1.54) is 11.3 Å². The quantitative estimate of drug-likeness (QED) is 0.701. The molecule has 26 heavy (non-hydrogen) atoms. The largest absolute Gasteiger partial charge is 0.443 e. The van der Waals surface area contributed by atoms with Gasteiger partial charge in [0, 0.05) is 18.3 Å². The summed E-state index contributed by atoms with van der Waals surface area (Å²) in [5.74, 6) is 0.516. The van der Waals surface area contributed by atoms with Crippen LogP contribution in [-0.2, 0) is 22.6 Å². The number of thiazole rings is 1. The number of nitrogens with one attached hydrogen (secondary N) is 1. The first-order valence-corrected chi connectivity index (χ1v) is 9.95. The van der Waals surface area contributed by atoms with Crippen molar-refractivity contribution in [2.75, 3.05) is 11.4 Å². The van der Waals surface area contributed by atoms with E-state index in [1.54, 1.807) is 22.5 Å². The van der Waals surface area contributed by atoms with Crippen molar-refractivity contribution in [2.45, 2.75) is 25.8 Å². The highest BCUT2D eigenvalue weighted by Gasteiger charge is 2.24. The zero-order valence-corrected chi connectivity index (χ0v) is 15.4. The molecule has 0 bridgehead atoms. The number of carbonyl (C=O) groups is 2. The Labute approximate surface area is 157 Å². The molecular weight excluding hydrogens is 372 g/mol. The van der Waals surface area contributed by atoms with E-state index in [-0.39, 0.29) is 18.2 Å². The lowest BCUT2D eigenvalue weighted by molar-refractivity contribution is -0.120. The Hall–Kier alpha value is -2.52. The summed E-state index contributed by atoms with van der Waals surface area (Å²) < 4.78 is 5.43. The summed E-state index contributed by atoms with van der Waals surface area (Å²) in [6.45, 7) is 1.01. The summed E-state index contributed by atoms with van der Waals surface area (Å²) in [7, 11) is 0. The summed E-state index contributed by atoms with van der Waals surface area (Å²) in [4.78, 5) is 35.3. The van der Waals surface area contributed by atoms with Gasteiger partial charge in [0.25, 0.3) is 0 Å². The molecule has 7 nitrogen and oxygen atoms in total. The summed E-state index contributed by atoms with van der Waals surface area (Å²) in [5.41, 5.74) is 1.34. The molecule has 1 aliphatic heterocycles. The minimum absolute atomic E-state index is 0.0999. The molecular formula is C17H16N4O3S2. The Morgan fingerprint density at radius 3 is 3.00 bits per heavy atom. The molecule has 1 saturated heterocycles. The van der Waals surface area contributed by atoms with Crippen molar-refractivity contribution in [3.05, 3.63) is 40.5 Å². The third kappa shape index (κ3) is 3.68. The number of rotatable bonds is 6. The molecule has 9 heteroatoms. The van der Waals surface area contributed by atoms with Crippen molar-refractivity contribution < 1.29 is 14.0 Å². The summed E-state index contributed by atoms with van der Waals surface area (Å²) in [6, 6.07) is 3.87. The maximum Gasteiger partial charge on any atom is 0.236 e. The second kappa shape index (κ2) is 7.38. The Kier molecular flexibility index (Phi) is 4.81. The zero-order valence-electron chi connectivity index (χ0n) is 13.8. The number of hydrogen-bond acceptors (Lipinski definition) is 7. The van der Waals surface area contributed by atoms with Crippen LogP contribution in [-0.4, -0.2) is 28.3 Å².